The zero-order valence-corrected chi connectivity index (χ0v) is 19.3. The number of amides is 3. The summed E-state index contributed by atoms with van der Waals surface area (Å²) in [4.78, 5) is 41.9. The Bertz CT molecular complexity index is 985. The lowest BCUT2D eigenvalue weighted by Gasteiger charge is -2.37. The highest BCUT2D eigenvalue weighted by atomic mass is 19.1. The molecule has 0 aromatic heterocycles. The van der Waals surface area contributed by atoms with Crippen LogP contribution < -0.4 is 10.6 Å². The number of carbonyl (C=O) groups is 3. The summed E-state index contributed by atoms with van der Waals surface area (Å²) >= 11 is 0. The highest BCUT2D eigenvalue weighted by Gasteiger charge is 2.31. The molecule has 1 atom stereocenters. The summed E-state index contributed by atoms with van der Waals surface area (Å²) in [6.45, 7) is 7.95. The molecule has 1 aliphatic heterocycles. The molecule has 2 aromatic carbocycles. The van der Waals surface area contributed by atoms with E-state index in [1.165, 1.54) is 24.3 Å². The quantitative estimate of drug-likeness (QED) is 0.674. The molecule has 8 heteroatoms. The lowest BCUT2D eigenvalue weighted by atomic mass is 10.0. The third-order valence-corrected chi connectivity index (χ3v) is 5.79. The van der Waals surface area contributed by atoms with Crippen molar-refractivity contribution in [2.75, 3.05) is 38.0 Å². The van der Waals surface area contributed by atoms with Crippen LogP contribution in [0.25, 0.3) is 0 Å². The summed E-state index contributed by atoms with van der Waals surface area (Å²) in [7, 11) is 0. The fourth-order valence-corrected chi connectivity index (χ4v) is 3.82. The number of hydrogen-bond acceptors (Lipinski definition) is 4. The van der Waals surface area contributed by atoms with Crippen LogP contribution in [-0.2, 0) is 9.59 Å². The summed E-state index contributed by atoms with van der Waals surface area (Å²) in [5.74, 6) is -0.973. The predicted molar refractivity (Wildman–Crippen MR) is 125 cm³/mol. The van der Waals surface area contributed by atoms with Crippen LogP contribution in [0.2, 0.25) is 0 Å². The van der Waals surface area contributed by atoms with Gasteiger partial charge in [-0.3, -0.25) is 19.3 Å². The van der Waals surface area contributed by atoms with Gasteiger partial charge in [-0.25, -0.2) is 4.39 Å². The third kappa shape index (κ3) is 6.61. The van der Waals surface area contributed by atoms with Gasteiger partial charge in [0.05, 0.1) is 6.54 Å². The van der Waals surface area contributed by atoms with Crippen LogP contribution in [-0.4, -0.2) is 66.3 Å². The van der Waals surface area contributed by atoms with Crippen molar-refractivity contribution in [2.24, 2.45) is 5.92 Å². The lowest BCUT2D eigenvalue weighted by Crippen LogP contribution is -2.57. The SMILES string of the molecule is Cc1ccccc1C(=O)N[C@H](C(=O)N1CCN(CC(=O)Nc2ccc(F)cc2)CC1)C(C)C. The molecule has 2 aromatic rings. The van der Waals surface area contributed by atoms with E-state index >= 15 is 0 Å². The molecule has 1 aliphatic rings. The maximum Gasteiger partial charge on any atom is 0.252 e. The molecule has 0 aliphatic carbocycles. The van der Waals surface area contributed by atoms with Gasteiger partial charge >= 0.3 is 0 Å². The van der Waals surface area contributed by atoms with Gasteiger partial charge in [0, 0.05) is 37.4 Å². The molecule has 3 rings (SSSR count). The van der Waals surface area contributed by atoms with E-state index in [4.69, 9.17) is 0 Å². The summed E-state index contributed by atoms with van der Waals surface area (Å²) in [6.07, 6.45) is 0. The Morgan fingerprint density at radius 3 is 2.21 bits per heavy atom. The topological polar surface area (TPSA) is 81.8 Å². The van der Waals surface area contributed by atoms with Gasteiger partial charge in [-0.1, -0.05) is 32.0 Å². The average molecular weight is 455 g/mol. The van der Waals surface area contributed by atoms with Crippen molar-refractivity contribution in [3.05, 3.63) is 65.5 Å². The average Bonchev–Trinajstić information content (AvgIpc) is 2.79. The fourth-order valence-electron chi connectivity index (χ4n) is 3.82. The first-order valence-electron chi connectivity index (χ1n) is 11.2. The Labute approximate surface area is 193 Å². The number of piperazine rings is 1. The molecule has 7 nitrogen and oxygen atoms in total. The van der Waals surface area contributed by atoms with Gasteiger partial charge < -0.3 is 15.5 Å². The first-order chi connectivity index (χ1) is 15.7. The second-order valence-electron chi connectivity index (χ2n) is 8.67. The second-order valence-corrected chi connectivity index (χ2v) is 8.67. The Kier molecular flexibility index (Phi) is 8.16. The van der Waals surface area contributed by atoms with Crippen LogP contribution in [0.5, 0.6) is 0 Å². The van der Waals surface area contributed by atoms with Gasteiger partial charge in [0.1, 0.15) is 11.9 Å². The van der Waals surface area contributed by atoms with Crippen LogP contribution in [0.4, 0.5) is 10.1 Å². The zero-order chi connectivity index (χ0) is 24.0. The molecule has 0 bridgehead atoms. The minimum atomic E-state index is -0.620. The predicted octanol–water partition coefficient (Wildman–Crippen LogP) is 2.67. The third-order valence-electron chi connectivity index (χ3n) is 5.79. The Hall–Kier alpha value is -3.26. The van der Waals surface area contributed by atoms with E-state index < -0.39 is 6.04 Å². The maximum absolute atomic E-state index is 13.2. The van der Waals surface area contributed by atoms with Crippen molar-refractivity contribution in [1.82, 2.24) is 15.1 Å². The number of carbonyl (C=O) groups excluding carboxylic acids is 3. The van der Waals surface area contributed by atoms with E-state index in [1.807, 2.05) is 37.8 Å². The number of nitrogens with one attached hydrogen (secondary N) is 2. The van der Waals surface area contributed by atoms with Gasteiger partial charge in [-0.15, -0.1) is 0 Å². The summed E-state index contributed by atoms with van der Waals surface area (Å²) in [5, 5.41) is 5.66. The molecule has 176 valence electrons. The molecule has 1 heterocycles. The van der Waals surface area contributed by atoms with Crippen molar-refractivity contribution >= 4 is 23.4 Å². The molecule has 0 spiro atoms. The van der Waals surface area contributed by atoms with Gasteiger partial charge in [-0.05, 0) is 48.7 Å². The molecular formula is C25H31FN4O3. The van der Waals surface area contributed by atoms with Crippen molar-refractivity contribution in [3.63, 3.8) is 0 Å². The number of halogens is 1. The number of rotatable bonds is 7. The van der Waals surface area contributed by atoms with Gasteiger partial charge in [-0.2, -0.15) is 0 Å². The van der Waals surface area contributed by atoms with Crippen molar-refractivity contribution in [3.8, 4) is 0 Å². The summed E-state index contributed by atoms with van der Waals surface area (Å²) in [6, 6.07) is 12.3. The van der Waals surface area contributed by atoms with Crippen LogP contribution in [0.3, 0.4) is 0 Å². The summed E-state index contributed by atoms with van der Waals surface area (Å²) < 4.78 is 13.0. The molecule has 0 unspecified atom stereocenters. The van der Waals surface area contributed by atoms with E-state index in [-0.39, 0.29) is 36.0 Å². The zero-order valence-electron chi connectivity index (χ0n) is 19.3. The fraction of sp³-hybridized carbons (Fsp3) is 0.400. The molecule has 0 saturated carbocycles. The molecule has 2 N–H and O–H groups in total. The van der Waals surface area contributed by atoms with Crippen LogP contribution in [0.15, 0.2) is 48.5 Å². The smallest absolute Gasteiger partial charge is 0.252 e. The van der Waals surface area contributed by atoms with E-state index in [9.17, 15) is 18.8 Å². The van der Waals surface area contributed by atoms with Crippen molar-refractivity contribution < 1.29 is 18.8 Å². The van der Waals surface area contributed by atoms with Crippen LogP contribution in [0, 0.1) is 18.7 Å². The standard InChI is InChI=1S/C25H31FN4O3/c1-17(2)23(28-24(32)21-7-5-4-6-18(21)3)25(33)30-14-12-29(13-15-30)16-22(31)27-20-10-8-19(26)9-11-20/h4-11,17,23H,12-16H2,1-3H3,(H,27,31)(H,28,32)/t23-/m0/s1. The highest BCUT2D eigenvalue weighted by molar-refractivity contribution is 5.98. The van der Waals surface area contributed by atoms with E-state index in [0.29, 0.717) is 37.4 Å². The number of hydrogen-bond donors (Lipinski definition) is 2. The van der Waals surface area contributed by atoms with Crippen molar-refractivity contribution in [1.29, 1.82) is 0 Å². The van der Waals surface area contributed by atoms with Crippen LogP contribution >= 0.6 is 0 Å². The minimum Gasteiger partial charge on any atom is -0.340 e. The van der Waals surface area contributed by atoms with E-state index in [2.05, 4.69) is 10.6 Å². The molecule has 0 radical (unpaired) electrons. The van der Waals surface area contributed by atoms with Gasteiger partial charge in [0.2, 0.25) is 11.8 Å². The number of aryl methyl sites for hydroxylation is 1. The highest BCUT2D eigenvalue weighted by Crippen LogP contribution is 2.13. The number of benzene rings is 2. The largest absolute Gasteiger partial charge is 0.340 e. The monoisotopic (exact) mass is 454 g/mol. The molecule has 3 amide bonds. The molecule has 1 fully saturated rings. The second kappa shape index (κ2) is 11.0. The lowest BCUT2D eigenvalue weighted by molar-refractivity contribution is -0.136. The summed E-state index contributed by atoms with van der Waals surface area (Å²) in [5.41, 5.74) is 1.96. The van der Waals surface area contributed by atoms with Crippen molar-refractivity contribution in [2.45, 2.75) is 26.8 Å². The Morgan fingerprint density at radius 1 is 0.970 bits per heavy atom. The first kappa shape index (κ1) is 24.4. The van der Waals surface area contributed by atoms with E-state index in [1.54, 1.807) is 17.0 Å². The van der Waals surface area contributed by atoms with Crippen LogP contribution in [0.1, 0.15) is 29.8 Å². The Balaban J connectivity index is 1.52. The van der Waals surface area contributed by atoms with Gasteiger partial charge in [0.25, 0.3) is 5.91 Å². The Morgan fingerprint density at radius 2 is 1.61 bits per heavy atom. The maximum atomic E-state index is 13.2. The molecule has 1 saturated heterocycles. The minimum absolute atomic E-state index is 0.0648. The van der Waals surface area contributed by atoms with Gasteiger partial charge in [0.15, 0.2) is 0 Å². The first-order valence-corrected chi connectivity index (χ1v) is 11.2. The molecule has 33 heavy (non-hydrogen) atoms. The molecular weight excluding hydrogens is 423 g/mol. The number of nitrogens with zero attached hydrogens (tertiary/aromatic N) is 2. The van der Waals surface area contributed by atoms with E-state index in [0.717, 1.165) is 5.56 Å². The normalized spacial score (nSPS) is 15.2. The number of anilines is 1.